The van der Waals surface area contributed by atoms with Crippen LogP contribution in [0.15, 0.2) is 12.1 Å². The molecule has 0 radical (unpaired) electrons. The van der Waals surface area contributed by atoms with E-state index in [2.05, 4.69) is 0 Å². The van der Waals surface area contributed by atoms with Crippen LogP contribution >= 0.6 is 11.3 Å². The summed E-state index contributed by atoms with van der Waals surface area (Å²) in [5.41, 5.74) is 0. The molecule has 1 saturated carbocycles. The van der Waals surface area contributed by atoms with Gasteiger partial charge in [-0.3, -0.25) is 4.79 Å². The van der Waals surface area contributed by atoms with Crippen molar-refractivity contribution >= 4 is 33.1 Å². The smallest absolute Gasteiger partial charge is 0.348 e. The van der Waals surface area contributed by atoms with Crippen LogP contribution < -0.4 is 0 Å². The molecule has 1 saturated heterocycles. The Balaban J connectivity index is 1.67. The predicted octanol–water partition coefficient (Wildman–Crippen LogP) is 2.56. The number of rotatable bonds is 5. The number of hydrogen-bond donors (Lipinski definition) is 0. The summed E-state index contributed by atoms with van der Waals surface area (Å²) in [5, 5.41) is 0. The van der Waals surface area contributed by atoms with Crippen molar-refractivity contribution in [2.24, 2.45) is 0 Å². The van der Waals surface area contributed by atoms with Crippen LogP contribution in [0.4, 0.5) is 0 Å². The first-order chi connectivity index (χ1) is 12.4. The van der Waals surface area contributed by atoms with E-state index in [-0.39, 0.29) is 36.1 Å². The van der Waals surface area contributed by atoms with Gasteiger partial charge in [0.15, 0.2) is 16.4 Å². The molecule has 0 aromatic carbocycles. The summed E-state index contributed by atoms with van der Waals surface area (Å²) in [7, 11) is -3.08. The Bertz CT molecular complexity index is 764. The molecule has 2 fully saturated rings. The van der Waals surface area contributed by atoms with Gasteiger partial charge in [0.05, 0.1) is 11.5 Å². The number of aryl methyl sites for hydroxylation is 1. The molecule has 0 unspecified atom stereocenters. The average Bonchev–Trinajstić information content (AvgIpc) is 3.19. The van der Waals surface area contributed by atoms with Crippen molar-refractivity contribution in [1.29, 1.82) is 0 Å². The van der Waals surface area contributed by atoms with Gasteiger partial charge in [0.1, 0.15) is 4.88 Å². The minimum absolute atomic E-state index is 0.0211. The van der Waals surface area contributed by atoms with Gasteiger partial charge in [0.25, 0.3) is 5.91 Å². The van der Waals surface area contributed by atoms with Crippen molar-refractivity contribution in [3.8, 4) is 0 Å². The summed E-state index contributed by atoms with van der Waals surface area (Å²) in [5.74, 6) is -0.629. The molecule has 0 spiro atoms. The molecule has 8 heteroatoms. The van der Waals surface area contributed by atoms with Crippen molar-refractivity contribution in [1.82, 2.24) is 4.90 Å². The van der Waals surface area contributed by atoms with E-state index in [1.165, 1.54) is 11.3 Å². The third kappa shape index (κ3) is 4.65. The topological polar surface area (TPSA) is 80.8 Å². The molecule has 1 aromatic rings. The largest absolute Gasteiger partial charge is 0.451 e. The minimum Gasteiger partial charge on any atom is -0.451 e. The fourth-order valence-corrected chi connectivity index (χ4v) is 6.35. The van der Waals surface area contributed by atoms with Crippen molar-refractivity contribution in [2.75, 3.05) is 18.1 Å². The Labute approximate surface area is 158 Å². The van der Waals surface area contributed by atoms with Gasteiger partial charge in [0.2, 0.25) is 0 Å². The van der Waals surface area contributed by atoms with Crippen LogP contribution in [0.25, 0.3) is 0 Å². The number of carbonyl (C=O) groups is 2. The predicted molar refractivity (Wildman–Crippen MR) is 100 cm³/mol. The quantitative estimate of drug-likeness (QED) is 0.711. The van der Waals surface area contributed by atoms with Crippen LogP contribution in [0, 0.1) is 6.92 Å². The maximum atomic E-state index is 12.8. The zero-order chi connectivity index (χ0) is 18.7. The summed E-state index contributed by atoms with van der Waals surface area (Å²) in [6.45, 7) is 1.57. The van der Waals surface area contributed by atoms with E-state index in [0.29, 0.717) is 11.3 Å². The number of thiophene rings is 1. The van der Waals surface area contributed by atoms with Crippen LogP contribution in [0.1, 0.15) is 53.1 Å². The molecule has 1 aliphatic carbocycles. The Morgan fingerprint density at radius 3 is 2.46 bits per heavy atom. The van der Waals surface area contributed by atoms with Gasteiger partial charge in [-0.05, 0) is 38.3 Å². The molecule has 0 bridgehead atoms. The van der Waals surface area contributed by atoms with Gasteiger partial charge in [0, 0.05) is 17.0 Å². The summed E-state index contributed by atoms with van der Waals surface area (Å²) in [4.78, 5) is 28.1. The van der Waals surface area contributed by atoms with E-state index in [4.69, 9.17) is 4.74 Å². The first kappa shape index (κ1) is 19.4. The number of amides is 1. The highest BCUT2D eigenvalue weighted by Crippen LogP contribution is 2.28. The summed E-state index contributed by atoms with van der Waals surface area (Å²) < 4.78 is 29.0. The van der Waals surface area contributed by atoms with Gasteiger partial charge in [-0.2, -0.15) is 0 Å². The first-order valence-corrected chi connectivity index (χ1v) is 11.7. The van der Waals surface area contributed by atoms with E-state index in [0.717, 1.165) is 37.0 Å². The van der Waals surface area contributed by atoms with E-state index in [1.54, 1.807) is 11.0 Å². The standard InChI is InChI=1S/C18H25NO5S2/c1-13-7-8-16(25-13)18(21)24-11-17(20)19(14-5-3-2-4-6-14)15-9-10-26(22,23)12-15/h7-8,14-15H,2-6,9-12H2,1H3/t15-/m0/s1. The normalized spacial score (nSPS) is 22.9. The minimum atomic E-state index is -3.08. The van der Waals surface area contributed by atoms with E-state index >= 15 is 0 Å². The molecule has 1 amide bonds. The Kier molecular flexibility index (Phi) is 6.02. The third-order valence-electron chi connectivity index (χ3n) is 5.13. The van der Waals surface area contributed by atoms with Crippen molar-refractivity contribution < 1.29 is 22.7 Å². The maximum Gasteiger partial charge on any atom is 0.348 e. The molecule has 2 aliphatic rings. The van der Waals surface area contributed by atoms with E-state index < -0.39 is 15.8 Å². The fourth-order valence-electron chi connectivity index (χ4n) is 3.88. The van der Waals surface area contributed by atoms with Crippen LogP contribution in [0.3, 0.4) is 0 Å². The molecular weight excluding hydrogens is 374 g/mol. The molecule has 1 aliphatic heterocycles. The second-order valence-electron chi connectivity index (χ2n) is 7.14. The van der Waals surface area contributed by atoms with Crippen LogP contribution in [0.5, 0.6) is 0 Å². The fraction of sp³-hybridized carbons (Fsp3) is 0.667. The van der Waals surface area contributed by atoms with Gasteiger partial charge in [-0.25, -0.2) is 13.2 Å². The van der Waals surface area contributed by atoms with Gasteiger partial charge >= 0.3 is 5.97 Å². The number of ether oxygens (including phenoxy) is 1. The van der Waals surface area contributed by atoms with Crippen molar-refractivity contribution in [2.45, 2.75) is 57.5 Å². The molecule has 1 aromatic heterocycles. The average molecular weight is 400 g/mol. The number of nitrogens with zero attached hydrogens (tertiary/aromatic N) is 1. The number of hydrogen-bond acceptors (Lipinski definition) is 6. The maximum absolute atomic E-state index is 12.8. The van der Waals surface area contributed by atoms with Crippen molar-refractivity contribution in [3.05, 3.63) is 21.9 Å². The van der Waals surface area contributed by atoms with Crippen molar-refractivity contribution in [3.63, 3.8) is 0 Å². The Morgan fingerprint density at radius 1 is 1.15 bits per heavy atom. The lowest BCUT2D eigenvalue weighted by Crippen LogP contribution is -2.50. The Hall–Kier alpha value is -1.41. The molecule has 0 N–H and O–H groups in total. The second-order valence-corrected chi connectivity index (χ2v) is 10.7. The molecule has 144 valence electrons. The molecule has 3 rings (SSSR count). The monoisotopic (exact) mass is 399 g/mol. The highest BCUT2D eigenvalue weighted by molar-refractivity contribution is 7.91. The lowest BCUT2D eigenvalue weighted by atomic mass is 9.93. The first-order valence-electron chi connectivity index (χ1n) is 9.11. The van der Waals surface area contributed by atoms with Crippen LogP contribution in [0.2, 0.25) is 0 Å². The van der Waals surface area contributed by atoms with Gasteiger partial charge in [-0.1, -0.05) is 19.3 Å². The van der Waals surface area contributed by atoms with Gasteiger partial charge < -0.3 is 9.64 Å². The molecule has 6 nitrogen and oxygen atoms in total. The number of esters is 1. The molecule has 26 heavy (non-hydrogen) atoms. The number of sulfone groups is 1. The highest BCUT2D eigenvalue weighted by atomic mass is 32.2. The summed E-state index contributed by atoms with van der Waals surface area (Å²) in [6.07, 6.45) is 5.49. The zero-order valence-electron chi connectivity index (χ0n) is 15.0. The molecular formula is C18H25NO5S2. The SMILES string of the molecule is Cc1ccc(C(=O)OCC(=O)N(C2CCCCC2)[C@H]2CCS(=O)(=O)C2)s1. The Morgan fingerprint density at radius 2 is 1.88 bits per heavy atom. The summed E-state index contributed by atoms with van der Waals surface area (Å²) in [6, 6.07) is 3.28. The van der Waals surface area contributed by atoms with Crippen LogP contribution in [-0.2, 0) is 19.4 Å². The second kappa shape index (κ2) is 8.08. The number of carbonyl (C=O) groups excluding carboxylic acids is 2. The van der Waals surface area contributed by atoms with Crippen LogP contribution in [-0.4, -0.2) is 55.4 Å². The lowest BCUT2D eigenvalue weighted by molar-refractivity contribution is -0.139. The molecule has 2 heterocycles. The zero-order valence-corrected chi connectivity index (χ0v) is 16.6. The highest BCUT2D eigenvalue weighted by Gasteiger charge is 2.38. The lowest BCUT2D eigenvalue weighted by Gasteiger charge is -2.38. The van der Waals surface area contributed by atoms with E-state index in [9.17, 15) is 18.0 Å². The molecule has 1 atom stereocenters. The third-order valence-corrected chi connectivity index (χ3v) is 7.86. The van der Waals surface area contributed by atoms with Gasteiger partial charge in [-0.15, -0.1) is 11.3 Å². The summed E-state index contributed by atoms with van der Waals surface area (Å²) >= 11 is 1.33. The van der Waals surface area contributed by atoms with E-state index in [1.807, 2.05) is 13.0 Å².